The molecule has 22 heavy (non-hydrogen) atoms. The van der Waals surface area contributed by atoms with Gasteiger partial charge >= 0.3 is 38.6 Å². The second-order valence-electron chi connectivity index (χ2n) is 4.10. The van der Waals surface area contributed by atoms with Gasteiger partial charge in [0.25, 0.3) is 0 Å². The molecule has 0 saturated heterocycles. The molecule has 0 atom stereocenters. The number of hydrogen-bond donors (Lipinski definition) is 0. The van der Waals surface area contributed by atoms with E-state index in [4.69, 9.17) is 0 Å². The molecular formula is C15H21O6Tb. The molecule has 0 radical (unpaired) electrons. The van der Waals surface area contributed by atoms with E-state index in [0.717, 1.165) is 19.3 Å². The van der Waals surface area contributed by atoms with Crippen molar-refractivity contribution in [2.24, 2.45) is 0 Å². The quantitative estimate of drug-likeness (QED) is 0.439. The maximum Gasteiger partial charge on any atom is 3.00 e. The van der Waals surface area contributed by atoms with Gasteiger partial charge in [-0.3, -0.25) is 19.3 Å². The zero-order chi connectivity index (χ0) is 17.6. The molecule has 0 aliphatic carbocycles. The van der Waals surface area contributed by atoms with E-state index in [1.807, 2.05) is 0 Å². The molecule has 126 valence electrons. The predicted molar refractivity (Wildman–Crippen MR) is 77.0 cm³/mol. The normalized spacial score (nSPS) is 7.36. The molecule has 7 heteroatoms. The summed E-state index contributed by atoms with van der Waals surface area (Å²) in [7, 11) is 0. The molecule has 0 bridgehead atoms. The minimum absolute atomic E-state index is 0. The van der Waals surface area contributed by atoms with E-state index in [-0.39, 0.29) is 73.3 Å². The number of carbonyl (C=O) groups excluding carboxylic acids is 6. The van der Waals surface area contributed by atoms with E-state index in [0.29, 0.717) is 0 Å². The third kappa shape index (κ3) is 51.0. The first-order chi connectivity index (χ1) is 9.38. The van der Waals surface area contributed by atoms with Crippen LogP contribution in [0.2, 0.25) is 0 Å². The molecule has 0 fully saturated rings. The molecule has 0 aromatic rings. The molecule has 0 heterocycles. The zero-order valence-electron chi connectivity index (χ0n) is 13.5. The van der Waals surface area contributed by atoms with Gasteiger partial charge in [-0.05, 0) is 41.5 Å². The maximum atomic E-state index is 9.98. The standard InChI is InChI=1S/3C5H7O2.Tb/c3*1-4(6)3-5(2)7;/h3*3H,1-2H3;/q3*-1;+3. The van der Waals surface area contributed by atoms with Crippen molar-refractivity contribution in [1.82, 2.24) is 0 Å². The van der Waals surface area contributed by atoms with Gasteiger partial charge in [-0.25, -0.2) is 0 Å². The van der Waals surface area contributed by atoms with Gasteiger partial charge in [-0.15, -0.1) is 0 Å². The summed E-state index contributed by atoms with van der Waals surface area (Å²) in [5, 5.41) is 0. The number of carbonyl (C=O) groups is 6. The van der Waals surface area contributed by atoms with Crippen molar-refractivity contribution in [2.75, 3.05) is 0 Å². The molecular weight excluding hydrogens is 435 g/mol. The Kier molecular flexibility index (Phi) is 23.7. The SMILES string of the molecule is CC(=O)[CH-]C(C)=O.CC(=O)[CH-]C(C)=O.CC(=O)[CH-]C(C)=O.[Tb+3]. The number of rotatable bonds is 6. The summed E-state index contributed by atoms with van der Waals surface area (Å²) >= 11 is 0. The monoisotopic (exact) mass is 456 g/mol. The molecule has 0 aliphatic heterocycles. The van der Waals surface area contributed by atoms with Gasteiger partial charge < -0.3 is 28.8 Å². The largest absolute Gasteiger partial charge is 3.00 e. The van der Waals surface area contributed by atoms with E-state index < -0.39 is 0 Å². The Morgan fingerprint density at radius 1 is 0.409 bits per heavy atom. The Bertz CT molecular complexity index is 314. The van der Waals surface area contributed by atoms with Gasteiger partial charge in [0, 0.05) is 34.7 Å². The predicted octanol–water partition coefficient (Wildman–Crippen LogP) is 1.11. The van der Waals surface area contributed by atoms with Crippen molar-refractivity contribution >= 4 is 34.7 Å². The maximum absolute atomic E-state index is 9.98. The van der Waals surface area contributed by atoms with Crippen LogP contribution >= 0.6 is 0 Å². The number of ketones is 6. The van der Waals surface area contributed by atoms with Crippen LogP contribution in [0.4, 0.5) is 0 Å². The van der Waals surface area contributed by atoms with Crippen molar-refractivity contribution in [3.8, 4) is 0 Å². The van der Waals surface area contributed by atoms with Crippen LogP contribution in [0, 0.1) is 57.9 Å². The summed E-state index contributed by atoms with van der Waals surface area (Å²) in [5.41, 5.74) is 0. The Labute approximate surface area is 162 Å². The minimum Gasteiger partial charge on any atom is -0.334 e. The molecule has 0 aromatic carbocycles. The second-order valence-corrected chi connectivity index (χ2v) is 4.10. The van der Waals surface area contributed by atoms with E-state index in [1.165, 1.54) is 41.5 Å². The Balaban J connectivity index is -0.000000108. The van der Waals surface area contributed by atoms with E-state index in [9.17, 15) is 28.8 Å². The van der Waals surface area contributed by atoms with Crippen LogP contribution in [0.5, 0.6) is 0 Å². The Morgan fingerprint density at radius 3 is 0.500 bits per heavy atom. The van der Waals surface area contributed by atoms with E-state index in [2.05, 4.69) is 0 Å². The van der Waals surface area contributed by atoms with Crippen LogP contribution in [0.25, 0.3) is 0 Å². The van der Waals surface area contributed by atoms with Crippen LogP contribution in [0.15, 0.2) is 0 Å². The van der Waals surface area contributed by atoms with Crippen molar-refractivity contribution < 1.29 is 67.4 Å². The third-order valence-electron chi connectivity index (χ3n) is 1.22. The molecule has 0 spiro atoms. The first-order valence-electron chi connectivity index (χ1n) is 5.96. The average molecular weight is 456 g/mol. The fourth-order valence-corrected chi connectivity index (χ4v) is 0.859. The van der Waals surface area contributed by atoms with E-state index >= 15 is 0 Å². The van der Waals surface area contributed by atoms with Gasteiger partial charge in [-0.1, -0.05) is 0 Å². The van der Waals surface area contributed by atoms with Crippen LogP contribution in [-0.4, -0.2) is 34.7 Å². The average Bonchev–Trinajstić information content (AvgIpc) is 2.10. The zero-order valence-corrected chi connectivity index (χ0v) is 15.7. The van der Waals surface area contributed by atoms with Gasteiger partial charge in [0.1, 0.15) is 0 Å². The molecule has 0 amide bonds. The summed E-state index contributed by atoms with van der Waals surface area (Å²) in [6, 6.07) is 0. The van der Waals surface area contributed by atoms with E-state index in [1.54, 1.807) is 0 Å². The fourth-order valence-electron chi connectivity index (χ4n) is 0.859. The summed E-state index contributed by atoms with van der Waals surface area (Å²) in [6.07, 6.45) is 3.17. The molecule has 0 saturated carbocycles. The van der Waals surface area contributed by atoms with Crippen LogP contribution in [-0.2, 0) is 28.8 Å². The fraction of sp³-hybridized carbons (Fsp3) is 0.400. The molecule has 0 N–H and O–H groups in total. The smallest absolute Gasteiger partial charge is 0.334 e. The third-order valence-corrected chi connectivity index (χ3v) is 1.22. The molecule has 0 aliphatic rings. The second kappa shape index (κ2) is 18.0. The van der Waals surface area contributed by atoms with Crippen molar-refractivity contribution in [3.05, 3.63) is 19.3 Å². The van der Waals surface area contributed by atoms with Gasteiger partial charge in [0.2, 0.25) is 0 Å². The molecule has 0 aromatic heterocycles. The van der Waals surface area contributed by atoms with Crippen LogP contribution in [0.3, 0.4) is 0 Å². The van der Waals surface area contributed by atoms with Gasteiger partial charge in [-0.2, -0.15) is 0 Å². The summed E-state index contributed by atoms with van der Waals surface area (Å²) in [4.78, 5) is 59.9. The minimum atomic E-state index is -0.187. The van der Waals surface area contributed by atoms with Crippen LogP contribution in [0.1, 0.15) is 41.5 Å². The van der Waals surface area contributed by atoms with Crippen molar-refractivity contribution in [2.45, 2.75) is 41.5 Å². The summed E-state index contributed by atoms with van der Waals surface area (Å²) in [6.45, 7) is 8.09. The molecule has 0 rings (SSSR count). The number of Topliss-reactive ketones (excluding diaryl/α,β-unsaturated/α-hetero) is 6. The Hall–Kier alpha value is -1.08. The topological polar surface area (TPSA) is 102 Å². The Morgan fingerprint density at radius 2 is 0.500 bits per heavy atom. The van der Waals surface area contributed by atoms with Gasteiger partial charge in [0.05, 0.1) is 0 Å². The van der Waals surface area contributed by atoms with Gasteiger partial charge in [0.15, 0.2) is 0 Å². The first-order valence-corrected chi connectivity index (χ1v) is 5.96. The molecule has 6 nitrogen and oxygen atoms in total. The van der Waals surface area contributed by atoms with Crippen molar-refractivity contribution in [1.29, 1.82) is 0 Å². The van der Waals surface area contributed by atoms with Crippen molar-refractivity contribution in [3.63, 3.8) is 0 Å². The van der Waals surface area contributed by atoms with Crippen LogP contribution < -0.4 is 0 Å². The summed E-state index contributed by atoms with van der Waals surface area (Å²) in [5.74, 6) is -1.12. The molecule has 0 unspecified atom stereocenters. The number of hydrogen-bond acceptors (Lipinski definition) is 6. The first kappa shape index (κ1) is 29.0. The summed E-state index contributed by atoms with van der Waals surface area (Å²) < 4.78 is 0.